The van der Waals surface area contributed by atoms with Crippen molar-refractivity contribution in [1.29, 1.82) is 0 Å². The van der Waals surface area contributed by atoms with Crippen molar-refractivity contribution in [2.24, 2.45) is 4.99 Å². The van der Waals surface area contributed by atoms with E-state index in [4.69, 9.17) is 9.47 Å². The van der Waals surface area contributed by atoms with Crippen LogP contribution in [0, 0.1) is 6.92 Å². The van der Waals surface area contributed by atoms with Gasteiger partial charge < -0.3 is 9.47 Å². The molecule has 0 radical (unpaired) electrons. The normalized spacial score (nSPS) is 16.0. The van der Waals surface area contributed by atoms with Crippen molar-refractivity contribution < 1.29 is 14.3 Å². The lowest BCUT2D eigenvalue weighted by Gasteiger charge is -2.03. The maximum atomic E-state index is 11.9. The highest BCUT2D eigenvalue weighted by molar-refractivity contribution is 7.12. The number of esters is 1. The Kier molecular flexibility index (Phi) is 3.53. The van der Waals surface area contributed by atoms with Gasteiger partial charge in [-0.3, -0.25) is 0 Å². The molecule has 21 heavy (non-hydrogen) atoms. The number of hydrogen-bond acceptors (Lipinski definition) is 6. The zero-order valence-corrected chi connectivity index (χ0v) is 12.3. The van der Waals surface area contributed by atoms with E-state index in [0.29, 0.717) is 11.8 Å². The minimum atomic E-state index is -0.450. The van der Waals surface area contributed by atoms with Gasteiger partial charge in [-0.1, -0.05) is 6.07 Å². The first-order valence-corrected chi connectivity index (χ1v) is 7.13. The molecule has 0 saturated carbocycles. The maximum absolute atomic E-state index is 11.9. The van der Waals surface area contributed by atoms with Crippen LogP contribution in [-0.4, -0.2) is 24.0 Å². The number of carbonyl (C=O) groups is 1. The summed E-state index contributed by atoms with van der Waals surface area (Å²) < 4.78 is 10.2. The number of aliphatic imine (C=N–C) groups is 1. The number of aromatic nitrogens is 1. The fourth-order valence-corrected chi connectivity index (χ4v) is 2.53. The molecule has 0 amide bonds. The van der Waals surface area contributed by atoms with Gasteiger partial charge in [0.2, 0.25) is 11.8 Å². The van der Waals surface area contributed by atoms with Gasteiger partial charge in [0, 0.05) is 11.8 Å². The van der Waals surface area contributed by atoms with E-state index in [9.17, 15) is 4.79 Å². The summed E-state index contributed by atoms with van der Waals surface area (Å²) >= 11 is 1.47. The predicted molar refractivity (Wildman–Crippen MR) is 80.5 cm³/mol. The number of aryl methyl sites for hydroxylation is 1. The molecule has 0 aromatic carbocycles. The average molecular weight is 300 g/mol. The SMILES string of the molecule is COc1ccc(/C=C2/N=C(c3cccs3)OC2=O)c(C)n1. The van der Waals surface area contributed by atoms with E-state index in [-0.39, 0.29) is 5.70 Å². The van der Waals surface area contributed by atoms with Gasteiger partial charge in [0.05, 0.1) is 12.0 Å². The van der Waals surface area contributed by atoms with Crippen LogP contribution in [0.4, 0.5) is 0 Å². The number of ether oxygens (including phenoxy) is 2. The molecular formula is C15H12N2O3S. The first kappa shape index (κ1) is 13.5. The lowest BCUT2D eigenvalue weighted by atomic mass is 10.2. The van der Waals surface area contributed by atoms with Gasteiger partial charge in [-0.2, -0.15) is 0 Å². The van der Waals surface area contributed by atoms with Crippen LogP contribution in [0.15, 0.2) is 40.3 Å². The summed E-state index contributed by atoms with van der Waals surface area (Å²) in [6.07, 6.45) is 1.67. The molecule has 3 rings (SSSR count). The molecule has 0 bridgehead atoms. The summed E-state index contributed by atoms with van der Waals surface area (Å²) in [5.41, 5.74) is 1.84. The van der Waals surface area contributed by atoms with Gasteiger partial charge in [-0.25, -0.2) is 14.8 Å². The molecule has 0 fully saturated rings. The highest BCUT2D eigenvalue weighted by Gasteiger charge is 2.24. The fraction of sp³-hybridized carbons (Fsp3) is 0.133. The van der Waals surface area contributed by atoms with Crippen LogP contribution >= 0.6 is 11.3 Å². The number of thiophene rings is 1. The van der Waals surface area contributed by atoms with Gasteiger partial charge in [-0.15, -0.1) is 11.3 Å². The van der Waals surface area contributed by atoms with Crippen LogP contribution in [0.2, 0.25) is 0 Å². The second-order valence-corrected chi connectivity index (χ2v) is 5.29. The third-order valence-corrected chi connectivity index (χ3v) is 3.81. The highest BCUT2D eigenvalue weighted by Crippen LogP contribution is 2.22. The van der Waals surface area contributed by atoms with E-state index >= 15 is 0 Å². The van der Waals surface area contributed by atoms with Crippen molar-refractivity contribution in [1.82, 2.24) is 4.98 Å². The van der Waals surface area contributed by atoms with Crippen molar-refractivity contribution in [2.75, 3.05) is 7.11 Å². The lowest BCUT2D eigenvalue weighted by Crippen LogP contribution is -2.03. The molecular weight excluding hydrogens is 288 g/mol. The Bertz CT molecular complexity index is 748. The van der Waals surface area contributed by atoms with E-state index in [1.807, 2.05) is 30.5 Å². The van der Waals surface area contributed by atoms with Gasteiger partial charge >= 0.3 is 5.97 Å². The smallest absolute Gasteiger partial charge is 0.363 e. The molecule has 3 heterocycles. The molecule has 0 saturated heterocycles. The Labute approximate surface area is 125 Å². The first-order valence-electron chi connectivity index (χ1n) is 6.25. The average Bonchev–Trinajstić information content (AvgIpc) is 3.11. The second kappa shape index (κ2) is 5.49. The van der Waals surface area contributed by atoms with E-state index < -0.39 is 5.97 Å². The first-order chi connectivity index (χ1) is 10.2. The van der Waals surface area contributed by atoms with Gasteiger partial charge in [0.15, 0.2) is 5.70 Å². The largest absolute Gasteiger partial charge is 0.481 e. The Balaban J connectivity index is 1.94. The number of cyclic esters (lactones) is 1. The molecule has 2 aromatic heterocycles. The standard InChI is InChI=1S/C15H12N2O3S/c1-9-10(5-6-13(16-9)19-2)8-11-15(18)20-14(17-11)12-4-3-7-21-12/h3-8H,1-2H3/b11-8+. The molecule has 0 aliphatic carbocycles. The van der Waals surface area contributed by atoms with Crippen LogP contribution in [0.25, 0.3) is 6.08 Å². The summed E-state index contributed by atoms with van der Waals surface area (Å²) in [5.74, 6) is 0.431. The van der Waals surface area contributed by atoms with Crippen LogP contribution in [0.5, 0.6) is 5.88 Å². The van der Waals surface area contributed by atoms with Crippen LogP contribution < -0.4 is 4.74 Å². The molecule has 2 aromatic rings. The van der Waals surface area contributed by atoms with Crippen LogP contribution in [0.3, 0.4) is 0 Å². The molecule has 1 aliphatic heterocycles. The molecule has 106 valence electrons. The van der Waals surface area contributed by atoms with Crippen molar-refractivity contribution >= 4 is 29.3 Å². The number of methoxy groups -OCH3 is 1. The molecule has 6 heteroatoms. The third-order valence-electron chi connectivity index (χ3n) is 2.95. The summed E-state index contributed by atoms with van der Waals surface area (Å²) in [5, 5.41) is 1.91. The van der Waals surface area contributed by atoms with E-state index in [0.717, 1.165) is 16.1 Å². The minimum absolute atomic E-state index is 0.272. The zero-order chi connectivity index (χ0) is 14.8. The molecule has 5 nitrogen and oxygen atoms in total. The predicted octanol–water partition coefficient (Wildman–Crippen LogP) is 2.80. The molecule has 0 spiro atoms. The van der Waals surface area contributed by atoms with Gasteiger partial charge in [-0.05, 0) is 36.1 Å². The Morgan fingerprint density at radius 2 is 2.19 bits per heavy atom. The summed E-state index contributed by atoms with van der Waals surface area (Å²) in [6.45, 7) is 1.85. The van der Waals surface area contributed by atoms with Crippen LogP contribution in [0.1, 0.15) is 16.1 Å². The summed E-state index contributed by atoms with van der Waals surface area (Å²) in [6, 6.07) is 7.32. The highest BCUT2D eigenvalue weighted by atomic mass is 32.1. The third kappa shape index (κ3) is 2.71. The van der Waals surface area contributed by atoms with Crippen molar-refractivity contribution in [2.45, 2.75) is 6.92 Å². The second-order valence-electron chi connectivity index (χ2n) is 4.34. The van der Waals surface area contributed by atoms with Crippen molar-refractivity contribution in [3.05, 3.63) is 51.5 Å². The van der Waals surface area contributed by atoms with Gasteiger partial charge in [0.25, 0.3) is 0 Å². The Morgan fingerprint density at radius 3 is 2.86 bits per heavy atom. The number of pyridine rings is 1. The Morgan fingerprint density at radius 1 is 1.33 bits per heavy atom. The van der Waals surface area contributed by atoms with E-state index in [1.54, 1.807) is 19.3 Å². The molecule has 0 atom stereocenters. The Hall–Kier alpha value is -2.47. The van der Waals surface area contributed by atoms with E-state index in [1.165, 1.54) is 11.3 Å². The number of nitrogens with zero attached hydrogens (tertiary/aromatic N) is 2. The minimum Gasteiger partial charge on any atom is -0.481 e. The van der Waals surface area contributed by atoms with Gasteiger partial charge in [0.1, 0.15) is 0 Å². The summed E-state index contributed by atoms with van der Waals surface area (Å²) in [4.78, 5) is 21.2. The van der Waals surface area contributed by atoms with Crippen molar-refractivity contribution in [3.63, 3.8) is 0 Å². The molecule has 0 N–H and O–H groups in total. The molecule has 1 aliphatic rings. The van der Waals surface area contributed by atoms with Crippen LogP contribution in [-0.2, 0) is 9.53 Å². The lowest BCUT2D eigenvalue weighted by molar-refractivity contribution is -0.129. The number of rotatable bonds is 3. The van der Waals surface area contributed by atoms with E-state index in [2.05, 4.69) is 9.98 Å². The topological polar surface area (TPSA) is 60.8 Å². The maximum Gasteiger partial charge on any atom is 0.363 e. The van der Waals surface area contributed by atoms with Crippen molar-refractivity contribution in [3.8, 4) is 5.88 Å². The molecule has 0 unspecified atom stereocenters. The number of carbonyl (C=O) groups excluding carboxylic acids is 1. The monoisotopic (exact) mass is 300 g/mol. The quantitative estimate of drug-likeness (QED) is 0.646. The fourth-order valence-electron chi connectivity index (χ4n) is 1.88. The zero-order valence-electron chi connectivity index (χ0n) is 11.5. The summed E-state index contributed by atoms with van der Waals surface area (Å²) in [7, 11) is 1.56. The number of hydrogen-bond donors (Lipinski definition) is 0.